The average Bonchev–Trinajstić information content (AvgIpc) is 3.23. The molecule has 3 atom stereocenters. The molecule has 1 aromatic rings. The van der Waals surface area contributed by atoms with Gasteiger partial charge in [0.1, 0.15) is 0 Å². The molecule has 1 N–H and O–H groups in total. The zero-order valence-electron chi connectivity index (χ0n) is 15.7. The third-order valence-electron chi connectivity index (χ3n) is 5.82. The molecule has 1 saturated carbocycles. The van der Waals surface area contributed by atoms with Gasteiger partial charge in [-0.05, 0) is 31.2 Å². The van der Waals surface area contributed by atoms with Crippen LogP contribution in [0, 0.1) is 11.8 Å². The Balaban J connectivity index is 1.30. The molecule has 1 aliphatic carbocycles. The maximum Gasteiger partial charge on any atom is 0.387 e. The van der Waals surface area contributed by atoms with E-state index >= 15 is 0 Å². The fourth-order valence-corrected chi connectivity index (χ4v) is 4.01. The summed E-state index contributed by atoms with van der Waals surface area (Å²) in [6.07, 6.45) is 1.98. The van der Waals surface area contributed by atoms with E-state index in [1.54, 1.807) is 17.0 Å². The first-order chi connectivity index (χ1) is 13.4. The van der Waals surface area contributed by atoms with E-state index in [4.69, 9.17) is 4.74 Å². The van der Waals surface area contributed by atoms with Crippen LogP contribution >= 0.6 is 0 Å². The topological polar surface area (TPSA) is 67.9 Å². The maximum absolute atomic E-state index is 12.8. The van der Waals surface area contributed by atoms with Crippen LogP contribution in [0.25, 0.3) is 0 Å². The molecule has 6 nitrogen and oxygen atoms in total. The minimum absolute atomic E-state index is 0.0430. The molecule has 0 bridgehead atoms. The summed E-state index contributed by atoms with van der Waals surface area (Å²) in [7, 11) is 0. The third-order valence-corrected chi connectivity index (χ3v) is 5.82. The van der Waals surface area contributed by atoms with Gasteiger partial charge in [-0.15, -0.1) is 0 Å². The van der Waals surface area contributed by atoms with Gasteiger partial charge in [-0.25, -0.2) is 0 Å². The van der Waals surface area contributed by atoms with E-state index in [1.807, 2.05) is 0 Å². The van der Waals surface area contributed by atoms with Gasteiger partial charge in [0.25, 0.3) is 5.91 Å². The Labute approximate surface area is 162 Å². The number of ether oxygens (including phenoxy) is 2. The Morgan fingerprint density at radius 3 is 2.64 bits per heavy atom. The van der Waals surface area contributed by atoms with Gasteiger partial charge in [-0.3, -0.25) is 9.59 Å². The second kappa shape index (κ2) is 7.56. The largest absolute Gasteiger partial charge is 0.476 e. The van der Waals surface area contributed by atoms with E-state index in [1.165, 1.54) is 6.07 Å². The molecule has 1 saturated heterocycles. The van der Waals surface area contributed by atoms with Gasteiger partial charge in [-0.1, -0.05) is 19.1 Å². The van der Waals surface area contributed by atoms with Crippen LogP contribution in [0.1, 0.15) is 31.7 Å². The van der Waals surface area contributed by atoms with Crippen LogP contribution in [0.2, 0.25) is 0 Å². The number of hydrogen-bond acceptors (Lipinski definition) is 4. The number of carbonyl (C=O) groups excluding carboxylic acids is 2. The number of benzene rings is 1. The molecule has 3 aliphatic rings. The zero-order valence-corrected chi connectivity index (χ0v) is 15.7. The second-order valence-corrected chi connectivity index (χ2v) is 7.86. The fourth-order valence-electron chi connectivity index (χ4n) is 4.01. The Kier molecular flexibility index (Phi) is 5.12. The molecule has 2 aliphatic heterocycles. The lowest BCUT2D eigenvalue weighted by molar-refractivity contribution is -0.139. The number of amides is 2. The Hall–Kier alpha value is -2.38. The molecule has 2 amide bonds. The molecule has 1 aromatic carbocycles. The number of para-hydroxylation sites is 1. The van der Waals surface area contributed by atoms with Crippen LogP contribution in [0.4, 0.5) is 8.78 Å². The SMILES string of the molecule is C[C@@H]1C[C@H]1C(=O)NC1CCN(C(=O)C2Cc3cccc(OC(F)F)c3O2)CC1. The summed E-state index contributed by atoms with van der Waals surface area (Å²) in [4.78, 5) is 26.6. The van der Waals surface area contributed by atoms with Crippen LogP contribution < -0.4 is 14.8 Å². The smallest absolute Gasteiger partial charge is 0.387 e. The molecule has 2 fully saturated rings. The van der Waals surface area contributed by atoms with Crippen LogP contribution in [-0.2, 0) is 16.0 Å². The zero-order chi connectivity index (χ0) is 19.8. The van der Waals surface area contributed by atoms with Gasteiger partial charge in [-0.2, -0.15) is 8.78 Å². The molecule has 152 valence electrons. The number of hydrogen-bond donors (Lipinski definition) is 1. The number of halogens is 2. The fraction of sp³-hybridized carbons (Fsp3) is 0.600. The predicted octanol–water partition coefficient (Wildman–Crippen LogP) is 2.35. The Morgan fingerprint density at radius 2 is 2.00 bits per heavy atom. The third kappa shape index (κ3) is 3.91. The number of alkyl halides is 2. The summed E-state index contributed by atoms with van der Waals surface area (Å²) in [5, 5.41) is 3.08. The van der Waals surface area contributed by atoms with E-state index in [0.717, 1.165) is 6.42 Å². The van der Waals surface area contributed by atoms with Crippen molar-refractivity contribution in [2.45, 2.75) is 51.4 Å². The molecular weight excluding hydrogens is 370 g/mol. The van der Waals surface area contributed by atoms with Gasteiger partial charge in [0.15, 0.2) is 17.6 Å². The molecular formula is C20H24F2N2O4. The number of piperidine rings is 1. The lowest BCUT2D eigenvalue weighted by Gasteiger charge is -2.33. The van der Waals surface area contributed by atoms with E-state index in [2.05, 4.69) is 17.0 Å². The van der Waals surface area contributed by atoms with Gasteiger partial charge in [0.05, 0.1) is 0 Å². The molecule has 2 heterocycles. The Morgan fingerprint density at radius 1 is 1.29 bits per heavy atom. The first kappa shape index (κ1) is 19.0. The highest BCUT2D eigenvalue weighted by Crippen LogP contribution is 2.39. The van der Waals surface area contributed by atoms with E-state index < -0.39 is 12.7 Å². The summed E-state index contributed by atoms with van der Waals surface area (Å²) in [5.74, 6) is 0.773. The standard InChI is InChI=1S/C20H24F2N2O4/c1-11-9-14(11)18(25)23-13-5-7-24(8-6-13)19(26)16-10-12-3-2-4-15(17(12)27-16)28-20(21)22/h2-4,11,13-14,16,20H,5-10H2,1H3,(H,23,25)/t11-,14-,16?/m1/s1. The monoisotopic (exact) mass is 394 g/mol. The van der Waals surface area contributed by atoms with Crippen molar-refractivity contribution in [2.24, 2.45) is 11.8 Å². The van der Waals surface area contributed by atoms with Gasteiger partial charge >= 0.3 is 6.61 Å². The van der Waals surface area contributed by atoms with Crippen LogP contribution in [0.15, 0.2) is 18.2 Å². The number of nitrogens with zero attached hydrogens (tertiary/aromatic N) is 1. The summed E-state index contributed by atoms with van der Waals surface area (Å²) in [6, 6.07) is 4.87. The molecule has 28 heavy (non-hydrogen) atoms. The average molecular weight is 394 g/mol. The summed E-state index contributed by atoms with van der Waals surface area (Å²) >= 11 is 0. The minimum Gasteiger partial charge on any atom is -0.476 e. The van der Waals surface area contributed by atoms with Crippen molar-refractivity contribution in [3.8, 4) is 11.5 Å². The van der Waals surface area contributed by atoms with Crippen molar-refractivity contribution in [2.75, 3.05) is 13.1 Å². The van der Waals surface area contributed by atoms with Crippen molar-refractivity contribution < 1.29 is 27.8 Å². The number of likely N-dealkylation sites (tertiary alicyclic amines) is 1. The van der Waals surface area contributed by atoms with Crippen molar-refractivity contribution >= 4 is 11.8 Å². The summed E-state index contributed by atoms with van der Waals surface area (Å²) in [5.41, 5.74) is 0.692. The molecule has 0 radical (unpaired) electrons. The molecule has 0 spiro atoms. The lowest BCUT2D eigenvalue weighted by atomic mass is 10.0. The van der Waals surface area contributed by atoms with Crippen molar-refractivity contribution in [3.63, 3.8) is 0 Å². The van der Waals surface area contributed by atoms with Gasteiger partial charge in [0, 0.05) is 37.0 Å². The van der Waals surface area contributed by atoms with E-state index in [0.29, 0.717) is 43.8 Å². The molecule has 1 unspecified atom stereocenters. The number of nitrogens with one attached hydrogen (secondary N) is 1. The van der Waals surface area contributed by atoms with E-state index in [-0.39, 0.29) is 35.3 Å². The lowest BCUT2D eigenvalue weighted by Crippen LogP contribution is -2.50. The van der Waals surface area contributed by atoms with Gasteiger partial charge in [0.2, 0.25) is 5.91 Å². The summed E-state index contributed by atoms with van der Waals surface area (Å²) < 4.78 is 35.3. The highest BCUT2D eigenvalue weighted by Gasteiger charge is 2.40. The number of carbonyl (C=O) groups is 2. The predicted molar refractivity (Wildman–Crippen MR) is 96.2 cm³/mol. The molecule has 8 heteroatoms. The van der Waals surface area contributed by atoms with Crippen molar-refractivity contribution in [1.82, 2.24) is 10.2 Å². The summed E-state index contributed by atoms with van der Waals surface area (Å²) in [6.45, 7) is 0.210. The first-order valence-electron chi connectivity index (χ1n) is 9.75. The maximum atomic E-state index is 12.8. The number of rotatable bonds is 5. The van der Waals surface area contributed by atoms with Crippen LogP contribution in [0.5, 0.6) is 11.5 Å². The molecule has 4 rings (SSSR count). The van der Waals surface area contributed by atoms with Gasteiger partial charge < -0.3 is 19.7 Å². The van der Waals surface area contributed by atoms with Crippen molar-refractivity contribution in [3.05, 3.63) is 23.8 Å². The highest BCUT2D eigenvalue weighted by molar-refractivity contribution is 5.83. The number of fused-ring (bicyclic) bond motifs is 1. The van der Waals surface area contributed by atoms with Crippen LogP contribution in [-0.4, -0.2) is 48.6 Å². The second-order valence-electron chi connectivity index (χ2n) is 7.86. The first-order valence-corrected chi connectivity index (χ1v) is 9.75. The quantitative estimate of drug-likeness (QED) is 0.833. The highest BCUT2D eigenvalue weighted by atomic mass is 19.3. The molecule has 0 aromatic heterocycles. The van der Waals surface area contributed by atoms with Crippen LogP contribution in [0.3, 0.4) is 0 Å². The minimum atomic E-state index is -2.95. The van der Waals surface area contributed by atoms with Crippen molar-refractivity contribution in [1.29, 1.82) is 0 Å². The van der Waals surface area contributed by atoms with E-state index in [9.17, 15) is 18.4 Å². The normalized spacial score (nSPS) is 26.6. The Bertz CT molecular complexity index is 765.